The molecule has 1 aliphatic heterocycles. The van der Waals surface area contributed by atoms with E-state index in [1.807, 2.05) is 17.4 Å². The van der Waals surface area contributed by atoms with Crippen LogP contribution in [-0.2, 0) is 11.3 Å². The van der Waals surface area contributed by atoms with Crippen molar-refractivity contribution in [3.05, 3.63) is 58.4 Å². The molecule has 0 N–H and O–H groups in total. The minimum absolute atomic E-state index is 0.656. The number of thiophene rings is 1. The lowest BCUT2D eigenvalue weighted by Gasteiger charge is -2.09. The lowest BCUT2D eigenvalue weighted by molar-refractivity contribution is 0.107. The van der Waals surface area contributed by atoms with E-state index in [-0.39, 0.29) is 0 Å². The number of hydrogen-bond acceptors (Lipinski definition) is 4. The molecule has 0 aliphatic carbocycles. The minimum atomic E-state index is 0.656. The van der Waals surface area contributed by atoms with Gasteiger partial charge in [0.1, 0.15) is 0 Å². The molecule has 0 atom stereocenters. The number of rotatable bonds is 5. The van der Waals surface area contributed by atoms with Gasteiger partial charge >= 0.3 is 0 Å². The highest BCUT2D eigenvalue weighted by Gasteiger charge is 2.22. The summed E-state index contributed by atoms with van der Waals surface area (Å²) in [7, 11) is 4.13. The van der Waals surface area contributed by atoms with Crippen molar-refractivity contribution in [1.82, 2.24) is 4.90 Å². The zero-order valence-electron chi connectivity index (χ0n) is 14.8. The van der Waals surface area contributed by atoms with E-state index in [1.54, 1.807) is 11.8 Å². The molecule has 4 rings (SSSR count). The summed E-state index contributed by atoms with van der Waals surface area (Å²) in [6.45, 7) is 2.34. The van der Waals surface area contributed by atoms with E-state index in [0.717, 1.165) is 18.2 Å². The van der Waals surface area contributed by atoms with E-state index in [4.69, 9.17) is 16.3 Å². The van der Waals surface area contributed by atoms with Crippen LogP contribution in [0.15, 0.2) is 58.3 Å². The van der Waals surface area contributed by atoms with Gasteiger partial charge < -0.3 is 9.64 Å². The van der Waals surface area contributed by atoms with Crippen molar-refractivity contribution in [2.45, 2.75) is 16.4 Å². The standard InChI is InChI=1S/C21H20ClNOS2/c1-23(2)9-10-24-13-15-12-18-16-5-3-4-6-19(16)26-20-11-14(22)7-8-17(20)21(18)25-15/h3-8,11-12H,9-10,13H2,1-2H3. The molecule has 26 heavy (non-hydrogen) atoms. The summed E-state index contributed by atoms with van der Waals surface area (Å²) < 4.78 is 5.88. The molecule has 0 spiro atoms. The summed E-state index contributed by atoms with van der Waals surface area (Å²) in [6, 6.07) is 17.1. The first-order valence-corrected chi connectivity index (χ1v) is 10.6. The van der Waals surface area contributed by atoms with Crippen LogP contribution in [0.1, 0.15) is 4.88 Å². The lowest BCUT2D eigenvalue weighted by atomic mass is 10.0. The van der Waals surface area contributed by atoms with Crippen molar-refractivity contribution in [3.63, 3.8) is 0 Å². The Morgan fingerprint density at radius 3 is 2.65 bits per heavy atom. The molecule has 1 aromatic heterocycles. The van der Waals surface area contributed by atoms with Gasteiger partial charge in [-0.25, -0.2) is 0 Å². The van der Waals surface area contributed by atoms with Gasteiger partial charge in [0.2, 0.25) is 0 Å². The first kappa shape index (κ1) is 18.1. The number of nitrogens with zero attached hydrogens (tertiary/aromatic N) is 1. The fraction of sp³-hybridized carbons (Fsp3) is 0.238. The van der Waals surface area contributed by atoms with E-state index in [0.29, 0.717) is 6.61 Å². The van der Waals surface area contributed by atoms with E-state index >= 15 is 0 Å². The van der Waals surface area contributed by atoms with Crippen LogP contribution in [-0.4, -0.2) is 32.1 Å². The number of hydrogen-bond donors (Lipinski definition) is 0. The van der Waals surface area contributed by atoms with Crippen LogP contribution in [0.5, 0.6) is 0 Å². The van der Waals surface area contributed by atoms with Crippen LogP contribution in [0, 0.1) is 0 Å². The Bertz CT molecular complexity index is 936. The molecule has 134 valence electrons. The first-order valence-electron chi connectivity index (χ1n) is 8.54. The molecule has 0 fully saturated rings. The van der Waals surface area contributed by atoms with Crippen molar-refractivity contribution >= 4 is 34.7 Å². The van der Waals surface area contributed by atoms with Crippen molar-refractivity contribution in [1.29, 1.82) is 0 Å². The molecule has 3 aromatic rings. The minimum Gasteiger partial charge on any atom is -0.375 e. The second-order valence-corrected chi connectivity index (χ2v) is 9.21. The molecule has 1 aliphatic rings. The fourth-order valence-corrected chi connectivity index (χ4v) is 5.58. The molecule has 2 heterocycles. The highest BCUT2D eigenvalue weighted by Crippen LogP contribution is 2.51. The highest BCUT2D eigenvalue weighted by molar-refractivity contribution is 7.99. The third kappa shape index (κ3) is 3.71. The zero-order chi connectivity index (χ0) is 18.1. The van der Waals surface area contributed by atoms with Gasteiger partial charge in [-0.15, -0.1) is 11.3 Å². The molecular formula is C21H20ClNOS2. The van der Waals surface area contributed by atoms with Crippen molar-refractivity contribution in [2.75, 3.05) is 27.2 Å². The predicted molar refractivity (Wildman–Crippen MR) is 113 cm³/mol. The summed E-state index contributed by atoms with van der Waals surface area (Å²) >= 11 is 9.88. The van der Waals surface area contributed by atoms with Crippen LogP contribution in [0.25, 0.3) is 21.6 Å². The SMILES string of the molecule is CN(C)CCOCc1cc2c(s1)-c1ccc(Cl)cc1Sc1ccccc1-2. The number of likely N-dealkylation sites (N-methyl/N-ethyl adjacent to an activating group) is 1. The number of fused-ring (bicyclic) bond motifs is 5. The van der Waals surface area contributed by atoms with Gasteiger partial charge in [-0.1, -0.05) is 47.6 Å². The molecule has 0 unspecified atom stereocenters. The van der Waals surface area contributed by atoms with Gasteiger partial charge in [0.15, 0.2) is 0 Å². The lowest BCUT2D eigenvalue weighted by Crippen LogP contribution is -2.17. The molecule has 2 aromatic carbocycles. The Hall–Kier alpha value is -1.30. The van der Waals surface area contributed by atoms with E-state index < -0.39 is 0 Å². The molecular weight excluding hydrogens is 382 g/mol. The quantitative estimate of drug-likeness (QED) is 0.365. The molecule has 0 amide bonds. The second-order valence-electron chi connectivity index (χ2n) is 6.55. The summed E-state index contributed by atoms with van der Waals surface area (Å²) in [4.78, 5) is 7.19. The molecule has 5 heteroatoms. The Kier molecular flexibility index (Phi) is 5.39. The summed E-state index contributed by atoms with van der Waals surface area (Å²) in [5, 5.41) is 0.779. The average Bonchev–Trinajstić information content (AvgIpc) is 2.98. The van der Waals surface area contributed by atoms with Crippen LogP contribution in [0.2, 0.25) is 5.02 Å². The molecule has 2 nitrogen and oxygen atoms in total. The Morgan fingerprint density at radius 2 is 1.81 bits per heavy atom. The van der Waals surface area contributed by atoms with Crippen LogP contribution < -0.4 is 0 Å². The number of halogens is 1. The smallest absolute Gasteiger partial charge is 0.0810 e. The van der Waals surface area contributed by atoms with Crippen LogP contribution in [0.4, 0.5) is 0 Å². The van der Waals surface area contributed by atoms with Crippen molar-refractivity contribution in [2.24, 2.45) is 0 Å². The first-order chi connectivity index (χ1) is 12.6. The summed E-state index contributed by atoms with van der Waals surface area (Å²) in [6.07, 6.45) is 0. The predicted octanol–water partition coefficient (Wildman–Crippen LogP) is 6.28. The normalized spacial score (nSPS) is 12.5. The average molecular weight is 402 g/mol. The third-order valence-electron chi connectivity index (χ3n) is 4.30. The van der Waals surface area contributed by atoms with Crippen LogP contribution in [0.3, 0.4) is 0 Å². The fourth-order valence-electron chi connectivity index (χ4n) is 3.00. The van der Waals surface area contributed by atoms with E-state index in [9.17, 15) is 0 Å². The van der Waals surface area contributed by atoms with Gasteiger partial charge in [-0.3, -0.25) is 0 Å². The Morgan fingerprint density at radius 1 is 0.962 bits per heavy atom. The van der Waals surface area contributed by atoms with Crippen LogP contribution >= 0.6 is 34.7 Å². The summed E-state index contributed by atoms with van der Waals surface area (Å²) in [5.74, 6) is 0. The van der Waals surface area contributed by atoms with Gasteiger partial charge in [0.25, 0.3) is 0 Å². The molecule has 0 saturated carbocycles. The maximum atomic E-state index is 6.27. The van der Waals surface area contributed by atoms with E-state index in [2.05, 4.69) is 61.5 Å². The third-order valence-corrected chi connectivity index (χ3v) is 6.81. The van der Waals surface area contributed by atoms with Gasteiger partial charge in [0, 0.05) is 42.2 Å². The molecule has 0 radical (unpaired) electrons. The Labute approximate surface area is 167 Å². The van der Waals surface area contributed by atoms with Gasteiger partial charge in [-0.05, 0) is 43.9 Å². The highest BCUT2D eigenvalue weighted by atomic mass is 35.5. The monoisotopic (exact) mass is 401 g/mol. The van der Waals surface area contributed by atoms with Crippen molar-refractivity contribution < 1.29 is 4.74 Å². The van der Waals surface area contributed by atoms with Crippen molar-refractivity contribution in [3.8, 4) is 21.6 Å². The van der Waals surface area contributed by atoms with Gasteiger partial charge in [0.05, 0.1) is 13.2 Å². The maximum Gasteiger partial charge on any atom is 0.0810 e. The Balaban J connectivity index is 1.73. The number of ether oxygens (including phenoxy) is 1. The summed E-state index contributed by atoms with van der Waals surface area (Å²) in [5.41, 5.74) is 3.84. The van der Waals surface area contributed by atoms with Gasteiger partial charge in [-0.2, -0.15) is 0 Å². The molecule has 0 saturated heterocycles. The molecule has 0 bridgehead atoms. The largest absolute Gasteiger partial charge is 0.375 e. The zero-order valence-corrected chi connectivity index (χ0v) is 17.2. The maximum absolute atomic E-state index is 6.27. The number of benzene rings is 2. The topological polar surface area (TPSA) is 12.5 Å². The second kappa shape index (κ2) is 7.75. The van der Waals surface area contributed by atoms with E-state index in [1.165, 1.54) is 36.2 Å².